The molecule has 0 atom stereocenters. The molecule has 0 aliphatic heterocycles. The Morgan fingerprint density at radius 3 is 1.86 bits per heavy atom. The third-order valence-corrected chi connectivity index (χ3v) is 2.37. The summed E-state index contributed by atoms with van der Waals surface area (Å²) < 4.78 is 0. The molecule has 72 valence electrons. The van der Waals surface area contributed by atoms with Crippen molar-refractivity contribution in [1.29, 1.82) is 0 Å². The Labute approximate surface area is 80.9 Å². The van der Waals surface area contributed by atoms with Crippen molar-refractivity contribution in [2.24, 2.45) is 0 Å². The highest BCUT2D eigenvalue weighted by molar-refractivity contribution is 5.96. The molecule has 0 aromatic heterocycles. The van der Waals surface area contributed by atoms with Crippen LogP contribution in [0.4, 0.5) is 0 Å². The van der Waals surface area contributed by atoms with Crippen molar-refractivity contribution in [2.75, 3.05) is 0 Å². The molecule has 2 rings (SSSR count). The molecule has 14 heavy (non-hydrogen) atoms. The maximum absolute atomic E-state index is 9.69. The Kier molecular flexibility index (Phi) is 1.74. The van der Waals surface area contributed by atoms with Crippen LogP contribution in [0, 0.1) is 6.92 Å². The van der Waals surface area contributed by atoms with Gasteiger partial charge in [0.1, 0.15) is 5.75 Å². The summed E-state index contributed by atoms with van der Waals surface area (Å²) in [6, 6.07) is 6.83. The fourth-order valence-electron chi connectivity index (χ4n) is 1.52. The van der Waals surface area contributed by atoms with E-state index in [1.165, 1.54) is 0 Å². The Balaban J connectivity index is 3.02. The van der Waals surface area contributed by atoms with Crippen molar-refractivity contribution >= 4 is 10.8 Å². The molecule has 0 aliphatic rings. The van der Waals surface area contributed by atoms with Gasteiger partial charge in [-0.15, -0.1) is 0 Å². The third-order valence-electron chi connectivity index (χ3n) is 2.37. The summed E-state index contributed by atoms with van der Waals surface area (Å²) in [5, 5.41) is 29.8. The highest BCUT2D eigenvalue weighted by Gasteiger charge is 2.13. The normalized spacial score (nSPS) is 10.6. The standard InChI is InChI=1S/C11H10O3/c1-6-9(12)7-4-2-3-5-8(7)11(14)10(6)13/h2-5,12-14H,1H3. The van der Waals surface area contributed by atoms with E-state index in [-0.39, 0.29) is 17.2 Å². The lowest BCUT2D eigenvalue weighted by molar-refractivity contribution is 0.398. The molecule has 2 aromatic rings. The van der Waals surface area contributed by atoms with E-state index in [2.05, 4.69) is 0 Å². The average molecular weight is 190 g/mol. The van der Waals surface area contributed by atoms with Crippen molar-refractivity contribution in [2.45, 2.75) is 6.92 Å². The number of fused-ring (bicyclic) bond motifs is 1. The van der Waals surface area contributed by atoms with Gasteiger partial charge < -0.3 is 15.3 Å². The molecule has 0 saturated carbocycles. The van der Waals surface area contributed by atoms with E-state index >= 15 is 0 Å². The van der Waals surface area contributed by atoms with Crippen LogP contribution in [0.25, 0.3) is 10.8 Å². The molecule has 3 N–H and O–H groups in total. The Hall–Kier alpha value is -1.90. The Bertz CT molecular complexity index is 457. The lowest BCUT2D eigenvalue weighted by Crippen LogP contribution is -1.82. The monoisotopic (exact) mass is 190 g/mol. The Morgan fingerprint density at radius 1 is 0.786 bits per heavy atom. The molecule has 0 bridgehead atoms. The van der Waals surface area contributed by atoms with Crippen molar-refractivity contribution in [3.8, 4) is 17.2 Å². The number of hydrogen-bond acceptors (Lipinski definition) is 3. The molecule has 0 amide bonds. The number of phenolic OH excluding ortho intramolecular Hbond substituents is 3. The molecule has 0 spiro atoms. The van der Waals surface area contributed by atoms with Crippen molar-refractivity contribution in [3.63, 3.8) is 0 Å². The molecular weight excluding hydrogens is 180 g/mol. The predicted octanol–water partition coefficient (Wildman–Crippen LogP) is 2.27. The zero-order chi connectivity index (χ0) is 10.3. The predicted molar refractivity (Wildman–Crippen MR) is 53.7 cm³/mol. The van der Waals surface area contributed by atoms with E-state index in [0.29, 0.717) is 16.3 Å². The molecule has 0 unspecified atom stereocenters. The minimum absolute atomic E-state index is 0.0101. The van der Waals surface area contributed by atoms with Crippen LogP contribution in [0.2, 0.25) is 0 Å². The van der Waals surface area contributed by atoms with Crippen LogP contribution in [0.5, 0.6) is 17.2 Å². The zero-order valence-corrected chi connectivity index (χ0v) is 7.65. The van der Waals surface area contributed by atoms with Crippen LogP contribution in [-0.2, 0) is 0 Å². The second-order valence-corrected chi connectivity index (χ2v) is 3.22. The minimum atomic E-state index is -0.263. The summed E-state index contributed by atoms with van der Waals surface area (Å²) >= 11 is 0. The molecule has 3 nitrogen and oxygen atoms in total. The first-order valence-corrected chi connectivity index (χ1v) is 4.25. The summed E-state index contributed by atoms with van der Waals surface area (Å²) in [5.74, 6) is -0.437. The molecule has 0 heterocycles. The van der Waals surface area contributed by atoms with Gasteiger partial charge in [0.05, 0.1) is 0 Å². The van der Waals surface area contributed by atoms with Crippen LogP contribution in [0.15, 0.2) is 24.3 Å². The summed E-state index contributed by atoms with van der Waals surface area (Å²) in [7, 11) is 0. The van der Waals surface area contributed by atoms with Gasteiger partial charge in [-0.25, -0.2) is 0 Å². The number of phenols is 3. The van der Waals surface area contributed by atoms with Gasteiger partial charge in [-0.1, -0.05) is 24.3 Å². The van der Waals surface area contributed by atoms with Crippen LogP contribution in [0.3, 0.4) is 0 Å². The maximum atomic E-state index is 9.69. The fourth-order valence-corrected chi connectivity index (χ4v) is 1.52. The number of rotatable bonds is 0. The van der Waals surface area contributed by atoms with Crippen LogP contribution in [0.1, 0.15) is 5.56 Å². The van der Waals surface area contributed by atoms with Crippen LogP contribution < -0.4 is 0 Å². The topological polar surface area (TPSA) is 60.7 Å². The van der Waals surface area contributed by atoms with E-state index in [9.17, 15) is 15.3 Å². The second-order valence-electron chi connectivity index (χ2n) is 3.22. The van der Waals surface area contributed by atoms with E-state index in [1.807, 2.05) is 0 Å². The maximum Gasteiger partial charge on any atom is 0.165 e. The van der Waals surface area contributed by atoms with Gasteiger partial charge in [0.25, 0.3) is 0 Å². The largest absolute Gasteiger partial charge is 0.507 e. The third kappa shape index (κ3) is 0.988. The lowest BCUT2D eigenvalue weighted by Gasteiger charge is -2.09. The quantitative estimate of drug-likeness (QED) is 0.441. The summed E-state index contributed by atoms with van der Waals surface area (Å²) in [6.45, 7) is 1.55. The second kappa shape index (κ2) is 2.80. The highest BCUT2D eigenvalue weighted by Crippen LogP contribution is 2.42. The van der Waals surface area contributed by atoms with E-state index < -0.39 is 0 Å². The van der Waals surface area contributed by atoms with Crippen LogP contribution >= 0.6 is 0 Å². The molecule has 0 aliphatic carbocycles. The van der Waals surface area contributed by atoms with E-state index in [0.717, 1.165) is 0 Å². The average Bonchev–Trinajstić information content (AvgIpc) is 2.23. The van der Waals surface area contributed by atoms with Gasteiger partial charge in [0.15, 0.2) is 11.5 Å². The minimum Gasteiger partial charge on any atom is -0.507 e. The van der Waals surface area contributed by atoms with Crippen molar-refractivity contribution in [1.82, 2.24) is 0 Å². The smallest absolute Gasteiger partial charge is 0.165 e. The SMILES string of the molecule is Cc1c(O)c(O)c2ccccc2c1O. The van der Waals surface area contributed by atoms with Gasteiger partial charge in [-0.2, -0.15) is 0 Å². The molecule has 0 fully saturated rings. The van der Waals surface area contributed by atoms with Gasteiger partial charge in [-0.3, -0.25) is 0 Å². The molecule has 3 heteroatoms. The van der Waals surface area contributed by atoms with Gasteiger partial charge in [0, 0.05) is 16.3 Å². The summed E-state index contributed by atoms with van der Waals surface area (Å²) in [6.07, 6.45) is 0. The first-order valence-electron chi connectivity index (χ1n) is 4.25. The number of benzene rings is 2. The first kappa shape index (κ1) is 8.69. The van der Waals surface area contributed by atoms with Crippen molar-refractivity contribution in [3.05, 3.63) is 29.8 Å². The van der Waals surface area contributed by atoms with Crippen LogP contribution in [-0.4, -0.2) is 15.3 Å². The number of hydrogen-bond donors (Lipinski definition) is 3. The Morgan fingerprint density at radius 2 is 1.29 bits per heavy atom. The van der Waals surface area contributed by atoms with Gasteiger partial charge in [0.2, 0.25) is 0 Å². The van der Waals surface area contributed by atoms with Gasteiger partial charge >= 0.3 is 0 Å². The van der Waals surface area contributed by atoms with E-state index in [1.54, 1.807) is 31.2 Å². The first-order chi connectivity index (χ1) is 6.63. The molecule has 0 radical (unpaired) electrons. The lowest BCUT2D eigenvalue weighted by atomic mass is 10.0. The zero-order valence-electron chi connectivity index (χ0n) is 7.65. The molecule has 2 aromatic carbocycles. The highest BCUT2D eigenvalue weighted by atomic mass is 16.3. The summed E-state index contributed by atoms with van der Waals surface area (Å²) in [4.78, 5) is 0. The van der Waals surface area contributed by atoms with E-state index in [4.69, 9.17) is 0 Å². The van der Waals surface area contributed by atoms with Crippen molar-refractivity contribution < 1.29 is 15.3 Å². The molecule has 0 saturated heterocycles. The molecular formula is C11H10O3. The number of aromatic hydroxyl groups is 3. The summed E-state index contributed by atoms with van der Waals surface area (Å²) in [5.41, 5.74) is 0.293. The fraction of sp³-hybridized carbons (Fsp3) is 0.0909. The van der Waals surface area contributed by atoms with Gasteiger partial charge in [-0.05, 0) is 6.92 Å².